The van der Waals surface area contributed by atoms with Crippen molar-refractivity contribution < 1.29 is 13.2 Å². The molecule has 0 radical (unpaired) electrons. The van der Waals surface area contributed by atoms with E-state index in [-0.39, 0.29) is 24.6 Å². The fraction of sp³-hybridized carbons (Fsp3) is 0.208. The molecule has 0 N–H and O–H groups in total. The third kappa shape index (κ3) is 4.04. The number of sulfonamides is 1. The van der Waals surface area contributed by atoms with E-state index >= 15 is 0 Å². The van der Waals surface area contributed by atoms with Crippen LogP contribution in [0.4, 0.5) is 0 Å². The Bertz CT molecular complexity index is 1530. The third-order valence-electron chi connectivity index (χ3n) is 5.89. The van der Waals surface area contributed by atoms with Crippen molar-refractivity contribution in [1.29, 1.82) is 0 Å². The molecule has 2 aromatic carbocycles. The highest BCUT2D eigenvalue weighted by Gasteiger charge is 2.31. The minimum atomic E-state index is -3.54. The summed E-state index contributed by atoms with van der Waals surface area (Å²) in [4.78, 5) is 32.7. The van der Waals surface area contributed by atoms with Gasteiger partial charge in [0.25, 0.3) is 21.5 Å². The van der Waals surface area contributed by atoms with Crippen molar-refractivity contribution >= 4 is 38.2 Å². The van der Waals surface area contributed by atoms with Crippen LogP contribution in [0.3, 0.4) is 0 Å². The minimum Gasteiger partial charge on any atom is -0.336 e. The van der Waals surface area contributed by atoms with Crippen molar-refractivity contribution in [2.75, 3.05) is 26.2 Å². The number of carbonyl (C=O) groups is 1. The van der Waals surface area contributed by atoms with Crippen LogP contribution >= 0.6 is 11.3 Å². The van der Waals surface area contributed by atoms with Crippen LogP contribution in [0.5, 0.6) is 0 Å². The largest absolute Gasteiger partial charge is 0.336 e. The molecule has 34 heavy (non-hydrogen) atoms. The van der Waals surface area contributed by atoms with Gasteiger partial charge in [-0.2, -0.15) is 4.31 Å². The van der Waals surface area contributed by atoms with Gasteiger partial charge in [-0.05, 0) is 55.5 Å². The molecule has 1 aliphatic rings. The van der Waals surface area contributed by atoms with Crippen LogP contribution in [-0.4, -0.2) is 59.3 Å². The SMILES string of the molecule is Cc1ccc(S(=O)(=O)N2CCN(C(=O)c3ccc(-n4cnc5ccccc5c4=O)cc3)CC2)s1. The second kappa shape index (κ2) is 8.79. The summed E-state index contributed by atoms with van der Waals surface area (Å²) < 4.78 is 28.9. The summed E-state index contributed by atoms with van der Waals surface area (Å²) in [7, 11) is -3.54. The Morgan fingerprint density at radius 2 is 1.65 bits per heavy atom. The lowest BCUT2D eigenvalue weighted by atomic mass is 10.1. The monoisotopic (exact) mass is 494 g/mol. The standard InChI is InChI=1S/C24H22N4O4S2/c1-17-6-11-22(33-17)34(31,32)27-14-12-26(13-15-27)23(29)18-7-9-19(10-8-18)28-16-25-21-5-3-2-4-20(21)24(28)30/h2-11,16H,12-15H2,1H3. The predicted octanol–water partition coefficient (Wildman–Crippen LogP) is 2.90. The first-order valence-electron chi connectivity index (χ1n) is 10.8. The molecule has 0 spiro atoms. The van der Waals surface area contributed by atoms with Gasteiger partial charge in [0, 0.05) is 36.6 Å². The lowest BCUT2D eigenvalue weighted by Crippen LogP contribution is -2.50. The summed E-state index contributed by atoms with van der Waals surface area (Å²) in [5.41, 5.74) is 1.55. The quantitative estimate of drug-likeness (QED) is 0.435. The van der Waals surface area contributed by atoms with E-state index in [0.717, 1.165) is 4.88 Å². The Morgan fingerprint density at radius 3 is 2.32 bits per heavy atom. The average Bonchev–Trinajstić information content (AvgIpc) is 3.31. The van der Waals surface area contributed by atoms with Gasteiger partial charge in [-0.25, -0.2) is 13.4 Å². The fourth-order valence-electron chi connectivity index (χ4n) is 4.01. The summed E-state index contributed by atoms with van der Waals surface area (Å²) >= 11 is 1.25. The van der Waals surface area contributed by atoms with Crippen molar-refractivity contribution in [3.63, 3.8) is 0 Å². The molecule has 0 saturated carbocycles. The Morgan fingerprint density at radius 1 is 0.941 bits per heavy atom. The molecular formula is C24H22N4O4S2. The number of aryl methyl sites for hydroxylation is 1. The van der Waals surface area contributed by atoms with Crippen LogP contribution in [-0.2, 0) is 10.0 Å². The first-order chi connectivity index (χ1) is 16.3. The van der Waals surface area contributed by atoms with E-state index in [4.69, 9.17) is 0 Å². The van der Waals surface area contributed by atoms with E-state index in [1.807, 2.05) is 13.0 Å². The number of benzene rings is 2. The number of rotatable bonds is 4. The first-order valence-corrected chi connectivity index (χ1v) is 13.0. The number of hydrogen-bond donors (Lipinski definition) is 0. The summed E-state index contributed by atoms with van der Waals surface area (Å²) in [6, 6.07) is 17.4. The predicted molar refractivity (Wildman–Crippen MR) is 131 cm³/mol. The molecule has 4 aromatic rings. The Kier molecular flexibility index (Phi) is 5.80. The van der Waals surface area contributed by atoms with Crippen LogP contribution in [0.1, 0.15) is 15.2 Å². The summed E-state index contributed by atoms with van der Waals surface area (Å²) in [5.74, 6) is -0.167. The van der Waals surface area contributed by atoms with Crippen LogP contribution in [0.25, 0.3) is 16.6 Å². The average molecular weight is 495 g/mol. The van der Waals surface area contributed by atoms with E-state index in [0.29, 0.717) is 39.5 Å². The molecule has 1 saturated heterocycles. The van der Waals surface area contributed by atoms with E-state index in [1.165, 1.54) is 26.5 Å². The van der Waals surface area contributed by atoms with Crippen molar-refractivity contribution in [2.24, 2.45) is 0 Å². The number of para-hydroxylation sites is 1. The van der Waals surface area contributed by atoms with Crippen LogP contribution in [0.2, 0.25) is 0 Å². The van der Waals surface area contributed by atoms with Crippen LogP contribution in [0.15, 0.2) is 76.0 Å². The first kappa shape index (κ1) is 22.5. The lowest BCUT2D eigenvalue weighted by Gasteiger charge is -2.33. The van der Waals surface area contributed by atoms with Gasteiger partial charge in [-0.3, -0.25) is 14.2 Å². The Hall–Kier alpha value is -3.34. The maximum atomic E-state index is 13.0. The lowest BCUT2D eigenvalue weighted by molar-refractivity contribution is 0.0698. The normalized spacial score (nSPS) is 15.0. The minimum absolute atomic E-state index is 0.167. The second-order valence-electron chi connectivity index (χ2n) is 8.05. The highest BCUT2D eigenvalue weighted by Crippen LogP contribution is 2.25. The van der Waals surface area contributed by atoms with Crippen LogP contribution in [0, 0.1) is 6.92 Å². The number of carbonyl (C=O) groups excluding carboxylic acids is 1. The molecule has 1 amide bonds. The van der Waals surface area contributed by atoms with Gasteiger partial charge in [0.1, 0.15) is 10.5 Å². The topological polar surface area (TPSA) is 92.6 Å². The number of piperazine rings is 1. The zero-order chi connectivity index (χ0) is 23.9. The van der Waals surface area contributed by atoms with Gasteiger partial charge in [0.2, 0.25) is 0 Å². The number of aromatic nitrogens is 2. The molecule has 0 unspecified atom stereocenters. The molecule has 1 fully saturated rings. The number of amides is 1. The van der Waals surface area contributed by atoms with Gasteiger partial charge in [0.15, 0.2) is 0 Å². The van der Waals surface area contributed by atoms with E-state index in [1.54, 1.807) is 59.5 Å². The molecule has 10 heteroatoms. The summed E-state index contributed by atoms with van der Waals surface area (Å²) in [6.07, 6.45) is 1.48. The van der Waals surface area contributed by atoms with Crippen LogP contribution < -0.4 is 5.56 Å². The van der Waals surface area contributed by atoms with Gasteiger partial charge in [-0.15, -0.1) is 11.3 Å². The van der Waals surface area contributed by atoms with Crippen molar-refractivity contribution in [3.05, 3.63) is 87.8 Å². The maximum Gasteiger partial charge on any atom is 0.265 e. The highest BCUT2D eigenvalue weighted by atomic mass is 32.2. The molecule has 8 nitrogen and oxygen atoms in total. The van der Waals surface area contributed by atoms with Gasteiger partial charge in [0.05, 0.1) is 16.6 Å². The molecule has 0 bridgehead atoms. The number of thiophene rings is 1. The third-order valence-corrected chi connectivity index (χ3v) is 9.26. The fourth-order valence-corrected chi connectivity index (χ4v) is 6.87. The molecule has 1 aliphatic heterocycles. The van der Waals surface area contributed by atoms with Gasteiger partial charge in [-0.1, -0.05) is 12.1 Å². The van der Waals surface area contributed by atoms with Gasteiger partial charge >= 0.3 is 0 Å². The molecule has 0 aliphatic carbocycles. The van der Waals surface area contributed by atoms with E-state index in [2.05, 4.69) is 4.98 Å². The summed E-state index contributed by atoms with van der Waals surface area (Å²) in [5, 5.41) is 0.524. The zero-order valence-electron chi connectivity index (χ0n) is 18.4. The van der Waals surface area contributed by atoms with Gasteiger partial charge < -0.3 is 4.90 Å². The molecule has 3 heterocycles. The molecule has 174 valence electrons. The smallest absolute Gasteiger partial charge is 0.265 e. The Labute approximate surface area is 200 Å². The number of nitrogens with zero attached hydrogens (tertiary/aromatic N) is 4. The summed E-state index contributed by atoms with van der Waals surface area (Å²) in [6.45, 7) is 3.01. The van der Waals surface area contributed by atoms with Crippen molar-refractivity contribution in [3.8, 4) is 5.69 Å². The number of hydrogen-bond acceptors (Lipinski definition) is 6. The molecular weight excluding hydrogens is 472 g/mol. The van der Waals surface area contributed by atoms with Crippen molar-refractivity contribution in [2.45, 2.75) is 11.1 Å². The Balaban J connectivity index is 1.29. The molecule has 5 rings (SSSR count). The maximum absolute atomic E-state index is 13.0. The highest BCUT2D eigenvalue weighted by molar-refractivity contribution is 7.91. The molecule has 2 aromatic heterocycles. The van der Waals surface area contributed by atoms with E-state index < -0.39 is 10.0 Å². The zero-order valence-corrected chi connectivity index (χ0v) is 20.1. The second-order valence-corrected chi connectivity index (χ2v) is 11.5. The van der Waals surface area contributed by atoms with E-state index in [9.17, 15) is 18.0 Å². The number of fused-ring (bicyclic) bond motifs is 1. The molecule has 0 atom stereocenters. The van der Waals surface area contributed by atoms with Crippen molar-refractivity contribution in [1.82, 2.24) is 18.8 Å².